The zero-order chi connectivity index (χ0) is 18.8. The third kappa shape index (κ3) is 3.44. The summed E-state index contributed by atoms with van der Waals surface area (Å²) in [7, 11) is 0. The normalized spacial score (nSPS) is 10.9. The first-order valence-electron chi connectivity index (χ1n) is 8.59. The lowest BCUT2D eigenvalue weighted by atomic mass is 10.0. The van der Waals surface area contributed by atoms with Gasteiger partial charge in [0.05, 0.1) is 29.6 Å². The van der Waals surface area contributed by atoms with Gasteiger partial charge in [-0.05, 0) is 36.8 Å². The Morgan fingerprint density at radius 2 is 1.93 bits per heavy atom. The monoisotopic (exact) mass is 376 g/mol. The van der Waals surface area contributed by atoms with Gasteiger partial charge in [-0.25, -0.2) is 4.98 Å². The number of aryl methyl sites for hydroxylation is 1. The van der Waals surface area contributed by atoms with Crippen molar-refractivity contribution >= 4 is 28.4 Å². The van der Waals surface area contributed by atoms with E-state index in [0.717, 1.165) is 27.7 Å². The second kappa shape index (κ2) is 7.25. The number of nitrogens with one attached hydrogen (secondary N) is 1. The van der Waals surface area contributed by atoms with Gasteiger partial charge in [-0.15, -0.1) is 0 Å². The molecule has 4 rings (SSSR count). The number of pyridine rings is 1. The van der Waals surface area contributed by atoms with Crippen LogP contribution in [0.3, 0.4) is 0 Å². The first kappa shape index (κ1) is 17.3. The first-order valence-corrected chi connectivity index (χ1v) is 8.97. The second-order valence-electron chi connectivity index (χ2n) is 6.25. The van der Waals surface area contributed by atoms with Crippen molar-refractivity contribution in [3.05, 3.63) is 88.8 Å². The van der Waals surface area contributed by atoms with Crippen LogP contribution in [0.15, 0.2) is 71.3 Å². The molecule has 0 spiro atoms. The van der Waals surface area contributed by atoms with E-state index in [1.54, 1.807) is 18.4 Å². The van der Waals surface area contributed by atoms with Gasteiger partial charge in [0.1, 0.15) is 5.76 Å². The number of carbonyl (C=O) groups is 1. The summed E-state index contributed by atoms with van der Waals surface area (Å²) in [6.07, 6.45) is 1.59. The van der Waals surface area contributed by atoms with Gasteiger partial charge >= 0.3 is 0 Å². The number of aromatic nitrogens is 1. The predicted octanol–water partition coefficient (Wildman–Crippen LogP) is 5.39. The molecule has 0 aliphatic heterocycles. The van der Waals surface area contributed by atoms with E-state index in [0.29, 0.717) is 22.9 Å². The average molecular weight is 377 g/mol. The number of carbonyl (C=O) groups excluding carboxylic acids is 1. The Morgan fingerprint density at radius 1 is 1.11 bits per heavy atom. The standard InChI is InChI=1S/C22H17ClN2O2/c1-14-19(23)10-9-17-18(22(26)24-13-16-8-5-11-27-16)12-20(25-21(14)17)15-6-3-2-4-7-15/h2-12H,13H2,1H3,(H,24,26). The van der Waals surface area contributed by atoms with Crippen LogP contribution in [-0.2, 0) is 6.54 Å². The minimum absolute atomic E-state index is 0.183. The van der Waals surface area contributed by atoms with E-state index in [1.807, 2.05) is 55.5 Å². The molecule has 2 heterocycles. The molecule has 0 saturated carbocycles. The van der Waals surface area contributed by atoms with Gasteiger partial charge in [0.15, 0.2) is 0 Å². The Bertz CT molecular complexity index is 1110. The molecule has 4 nitrogen and oxygen atoms in total. The number of furan rings is 1. The van der Waals surface area contributed by atoms with E-state index >= 15 is 0 Å². The molecule has 27 heavy (non-hydrogen) atoms. The quantitative estimate of drug-likeness (QED) is 0.519. The number of rotatable bonds is 4. The van der Waals surface area contributed by atoms with E-state index in [9.17, 15) is 4.79 Å². The molecular formula is C22H17ClN2O2. The second-order valence-corrected chi connectivity index (χ2v) is 6.66. The summed E-state index contributed by atoms with van der Waals surface area (Å²) < 4.78 is 5.29. The molecule has 0 atom stereocenters. The van der Waals surface area contributed by atoms with Crippen molar-refractivity contribution < 1.29 is 9.21 Å². The van der Waals surface area contributed by atoms with Crippen molar-refractivity contribution in [2.45, 2.75) is 13.5 Å². The summed E-state index contributed by atoms with van der Waals surface area (Å²) >= 11 is 6.29. The summed E-state index contributed by atoms with van der Waals surface area (Å²) in [5, 5.41) is 4.31. The molecule has 1 amide bonds. The summed E-state index contributed by atoms with van der Waals surface area (Å²) in [5.74, 6) is 0.516. The molecule has 0 aliphatic rings. The van der Waals surface area contributed by atoms with Crippen LogP contribution in [0.4, 0.5) is 0 Å². The van der Waals surface area contributed by atoms with Gasteiger partial charge in [-0.1, -0.05) is 48.0 Å². The Balaban J connectivity index is 1.82. The van der Waals surface area contributed by atoms with E-state index in [-0.39, 0.29) is 5.91 Å². The summed E-state index contributed by atoms with van der Waals surface area (Å²) in [6.45, 7) is 2.24. The molecule has 1 N–H and O–H groups in total. The highest BCUT2D eigenvalue weighted by molar-refractivity contribution is 6.32. The number of halogens is 1. The summed E-state index contributed by atoms with van der Waals surface area (Å²) in [5.41, 5.74) is 3.82. The molecule has 0 aliphatic carbocycles. The molecule has 134 valence electrons. The minimum Gasteiger partial charge on any atom is -0.467 e. The van der Waals surface area contributed by atoms with E-state index in [2.05, 4.69) is 5.32 Å². The Kier molecular flexibility index (Phi) is 4.65. The van der Waals surface area contributed by atoms with Crippen molar-refractivity contribution in [2.24, 2.45) is 0 Å². The summed E-state index contributed by atoms with van der Waals surface area (Å²) in [6, 6.07) is 18.9. The van der Waals surface area contributed by atoms with E-state index in [1.165, 1.54) is 0 Å². The van der Waals surface area contributed by atoms with Gasteiger partial charge in [0.25, 0.3) is 5.91 Å². The van der Waals surface area contributed by atoms with E-state index in [4.69, 9.17) is 21.0 Å². The summed E-state index contributed by atoms with van der Waals surface area (Å²) in [4.78, 5) is 17.7. The zero-order valence-corrected chi connectivity index (χ0v) is 15.5. The fourth-order valence-electron chi connectivity index (χ4n) is 3.02. The molecule has 0 fully saturated rings. The number of hydrogen-bond donors (Lipinski definition) is 1. The topological polar surface area (TPSA) is 55.1 Å². The molecular weight excluding hydrogens is 360 g/mol. The van der Waals surface area contributed by atoms with Crippen LogP contribution < -0.4 is 5.32 Å². The highest BCUT2D eigenvalue weighted by atomic mass is 35.5. The lowest BCUT2D eigenvalue weighted by Crippen LogP contribution is -2.23. The molecule has 4 aromatic rings. The fourth-order valence-corrected chi connectivity index (χ4v) is 3.18. The maximum atomic E-state index is 12.9. The molecule has 2 aromatic carbocycles. The maximum Gasteiger partial charge on any atom is 0.252 e. The minimum atomic E-state index is -0.183. The third-order valence-electron chi connectivity index (χ3n) is 4.49. The Hall–Kier alpha value is -3.11. The van der Waals surface area contributed by atoms with Crippen LogP contribution >= 0.6 is 11.6 Å². The van der Waals surface area contributed by atoms with Gasteiger partial charge in [-0.2, -0.15) is 0 Å². The molecule has 2 aromatic heterocycles. The van der Waals surface area contributed by atoms with Crippen LogP contribution in [0.2, 0.25) is 5.02 Å². The largest absolute Gasteiger partial charge is 0.467 e. The van der Waals surface area contributed by atoms with Crippen molar-refractivity contribution in [1.82, 2.24) is 10.3 Å². The zero-order valence-electron chi connectivity index (χ0n) is 14.7. The molecule has 5 heteroatoms. The number of benzene rings is 2. The number of hydrogen-bond acceptors (Lipinski definition) is 3. The van der Waals surface area contributed by atoms with Crippen molar-refractivity contribution in [2.75, 3.05) is 0 Å². The molecule has 0 unspecified atom stereocenters. The number of fused-ring (bicyclic) bond motifs is 1. The van der Waals surface area contributed by atoms with Crippen LogP contribution in [0.5, 0.6) is 0 Å². The maximum absolute atomic E-state index is 12.9. The van der Waals surface area contributed by atoms with Gasteiger partial charge in [0.2, 0.25) is 0 Å². The highest BCUT2D eigenvalue weighted by Gasteiger charge is 2.16. The number of amides is 1. The lowest BCUT2D eigenvalue weighted by molar-refractivity contribution is 0.0949. The van der Waals surface area contributed by atoms with Gasteiger partial charge in [-0.3, -0.25) is 4.79 Å². The molecule has 0 bridgehead atoms. The van der Waals surface area contributed by atoms with Crippen LogP contribution in [0.25, 0.3) is 22.2 Å². The molecule has 0 saturated heterocycles. The van der Waals surface area contributed by atoms with Crippen molar-refractivity contribution in [1.29, 1.82) is 0 Å². The highest BCUT2D eigenvalue weighted by Crippen LogP contribution is 2.30. The predicted molar refractivity (Wildman–Crippen MR) is 107 cm³/mol. The van der Waals surface area contributed by atoms with Gasteiger partial charge < -0.3 is 9.73 Å². The number of nitrogens with zero attached hydrogens (tertiary/aromatic N) is 1. The third-order valence-corrected chi connectivity index (χ3v) is 4.90. The van der Waals surface area contributed by atoms with Crippen LogP contribution in [0, 0.1) is 6.92 Å². The smallest absolute Gasteiger partial charge is 0.252 e. The first-order chi connectivity index (χ1) is 13.1. The van der Waals surface area contributed by atoms with Crippen LogP contribution in [0.1, 0.15) is 21.7 Å². The Labute approximate surface area is 161 Å². The molecule has 0 radical (unpaired) electrons. The SMILES string of the molecule is Cc1c(Cl)ccc2c(C(=O)NCc3ccco3)cc(-c3ccccc3)nc12. The van der Waals surface area contributed by atoms with Gasteiger partial charge in [0, 0.05) is 16.0 Å². The van der Waals surface area contributed by atoms with Crippen LogP contribution in [-0.4, -0.2) is 10.9 Å². The van der Waals surface area contributed by atoms with Crippen molar-refractivity contribution in [3.8, 4) is 11.3 Å². The van der Waals surface area contributed by atoms with Crippen molar-refractivity contribution in [3.63, 3.8) is 0 Å². The Morgan fingerprint density at radius 3 is 2.67 bits per heavy atom. The fraction of sp³-hybridized carbons (Fsp3) is 0.0909. The lowest BCUT2D eigenvalue weighted by Gasteiger charge is -2.12. The van der Waals surface area contributed by atoms with E-state index < -0.39 is 0 Å². The average Bonchev–Trinajstić information content (AvgIpc) is 3.22.